The summed E-state index contributed by atoms with van der Waals surface area (Å²) in [5.74, 6) is -2.85. The molecule has 2 aromatic heterocycles. The molecule has 1 amide bonds. The number of hydrogen-bond donors (Lipinski definition) is 2. The van der Waals surface area contributed by atoms with Gasteiger partial charge in [0.15, 0.2) is 11.6 Å². The summed E-state index contributed by atoms with van der Waals surface area (Å²) < 4.78 is 32.5. The SMILES string of the molecule is COc1ccc(CNC(=O)c2sc3nnc(C)c(C)c3c2N)c(F)c1F. The van der Waals surface area contributed by atoms with Crippen LogP contribution in [-0.2, 0) is 6.54 Å². The summed E-state index contributed by atoms with van der Waals surface area (Å²) in [6.07, 6.45) is 0. The Bertz CT molecular complexity index is 1020. The molecule has 1 aromatic carbocycles. The van der Waals surface area contributed by atoms with Crippen molar-refractivity contribution in [3.8, 4) is 5.75 Å². The average Bonchev–Trinajstić information content (AvgIpc) is 2.96. The summed E-state index contributed by atoms with van der Waals surface area (Å²) in [5, 5.41) is 11.3. The van der Waals surface area contributed by atoms with Crippen LogP contribution in [0.1, 0.15) is 26.5 Å². The molecule has 0 saturated carbocycles. The van der Waals surface area contributed by atoms with E-state index in [1.807, 2.05) is 6.92 Å². The molecule has 0 aliphatic rings. The van der Waals surface area contributed by atoms with Crippen LogP contribution in [0.4, 0.5) is 14.5 Å². The lowest BCUT2D eigenvalue weighted by molar-refractivity contribution is 0.0955. The van der Waals surface area contributed by atoms with E-state index >= 15 is 0 Å². The number of aryl methyl sites for hydroxylation is 2. The molecule has 26 heavy (non-hydrogen) atoms. The molecule has 0 spiro atoms. The van der Waals surface area contributed by atoms with Gasteiger partial charge in [-0.3, -0.25) is 4.79 Å². The first-order valence-electron chi connectivity index (χ1n) is 7.66. The number of benzene rings is 1. The summed E-state index contributed by atoms with van der Waals surface area (Å²) in [5.41, 5.74) is 7.99. The Morgan fingerprint density at radius 1 is 1.27 bits per heavy atom. The number of thiophene rings is 1. The highest BCUT2D eigenvalue weighted by Gasteiger charge is 2.21. The minimum atomic E-state index is -1.10. The highest BCUT2D eigenvalue weighted by atomic mass is 32.1. The Morgan fingerprint density at radius 2 is 2.00 bits per heavy atom. The van der Waals surface area contributed by atoms with E-state index in [-0.39, 0.29) is 22.7 Å². The molecule has 3 rings (SSSR count). The minimum Gasteiger partial charge on any atom is -0.494 e. The second-order valence-corrected chi connectivity index (χ2v) is 6.67. The van der Waals surface area contributed by atoms with Gasteiger partial charge < -0.3 is 15.8 Å². The minimum absolute atomic E-state index is 0.00292. The number of nitrogens with zero attached hydrogens (tertiary/aromatic N) is 2. The van der Waals surface area contributed by atoms with Gasteiger partial charge >= 0.3 is 0 Å². The molecular formula is C17H16F2N4O2S. The Balaban J connectivity index is 1.86. The maximum absolute atomic E-state index is 14.0. The molecule has 3 N–H and O–H groups in total. The average molecular weight is 378 g/mol. The van der Waals surface area contributed by atoms with Gasteiger partial charge in [0.05, 0.1) is 18.5 Å². The van der Waals surface area contributed by atoms with E-state index in [2.05, 4.69) is 15.5 Å². The fraction of sp³-hybridized carbons (Fsp3) is 0.235. The largest absolute Gasteiger partial charge is 0.494 e. The van der Waals surface area contributed by atoms with Crippen molar-refractivity contribution in [1.29, 1.82) is 0 Å². The number of halogens is 2. The molecule has 0 aliphatic heterocycles. The van der Waals surface area contributed by atoms with E-state index in [0.29, 0.717) is 15.9 Å². The molecule has 0 unspecified atom stereocenters. The summed E-state index contributed by atoms with van der Waals surface area (Å²) in [7, 11) is 1.25. The number of methoxy groups -OCH3 is 1. The number of aromatic nitrogens is 2. The monoisotopic (exact) mass is 378 g/mol. The number of rotatable bonds is 4. The van der Waals surface area contributed by atoms with Crippen LogP contribution in [0.15, 0.2) is 12.1 Å². The van der Waals surface area contributed by atoms with Gasteiger partial charge in [0, 0.05) is 17.5 Å². The van der Waals surface area contributed by atoms with Gasteiger partial charge in [0.25, 0.3) is 5.91 Å². The van der Waals surface area contributed by atoms with Gasteiger partial charge in [-0.2, -0.15) is 9.49 Å². The van der Waals surface area contributed by atoms with Crippen molar-refractivity contribution in [1.82, 2.24) is 15.5 Å². The Hall–Kier alpha value is -2.81. The molecule has 0 fully saturated rings. The fourth-order valence-corrected chi connectivity index (χ4v) is 3.55. The number of amides is 1. The molecule has 6 nitrogen and oxygen atoms in total. The highest BCUT2D eigenvalue weighted by molar-refractivity contribution is 7.21. The summed E-state index contributed by atoms with van der Waals surface area (Å²) >= 11 is 1.10. The molecule has 2 heterocycles. The predicted molar refractivity (Wildman–Crippen MR) is 95.4 cm³/mol. The van der Waals surface area contributed by atoms with Crippen molar-refractivity contribution < 1.29 is 18.3 Å². The summed E-state index contributed by atoms with van der Waals surface area (Å²) in [4.78, 5) is 13.3. The molecule has 9 heteroatoms. The normalized spacial score (nSPS) is 11.0. The zero-order valence-electron chi connectivity index (χ0n) is 14.3. The van der Waals surface area contributed by atoms with E-state index < -0.39 is 17.5 Å². The van der Waals surface area contributed by atoms with Crippen molar-refractivity contribution in [2.45, 2.75) is 20.4 Å². The van der Waals surface area contributed by atoms with Gasteiger partial charge in [0.1, 0.15) is 9.71 Å². The topological polar surface area (TPSA) is 90.1 Å². The smallest absolute Gasteiger partial charge is 0.263 e. The first kappa shape index (κ1) is 18.0. The number of anilines is 1. The third kappa shape index (κ3) is 2.94. The van der Waals surface area contributed by atoms with Crippen molar-refractivity contribution in [3.63, 3.8) is 0 Å². The number of nitrogens with one attached hydrogen (secondary N) is 1. The van der Waals surface area contributed by atoms with Gasteiger partial charge in [-0.15, -0.1) is 16.4 Å². The van der Waals surface area contributed by atoms with E-state index in [4.69, 9.17) is 10.5 Å². The summed E-state index contributed by atoms with van der Waals surface area (Å²) in [6, 6.07) is 2.65. The lowest BCUT2D eigenvalue weighted by Crippen LogP contribution is -2.23. The van der Waals surface area contributed by atoms with Crippen molar-refractivity contribution in [2.75, 3.05) is 12.8 Å². The number of nitrogen functional groups attached to an aromatic ring is 1. The van der Waals surface area contributed by atoms with E-state index in [0.717, 1.165) is 22.6 Å². The standard InChI is InChI=1S/C17H16F2N4O2S/c1-7-8(2)22-23-17-11(7)14(20)15(26-17)16(24)21-6-9-4-5-10(25-3)13(19)12(9)18/h4-5H,6,20H2,1-3H3,(H,21,24). The molecule has 0 bridgehead atoms. The van der Waals surface area contributed by atoms with E-state index in [9.17, 15) is 13.6 Å². The quantitative estimate of drug-likeness (QED) is 0.728. The van der Waals surface area contributed by atoms with Crippen LogP contribution >= 0.6 is 11.3 Å². The number of hydrogen-bond acceptors (Lipinski definition) is 6. The van der Waals surface area contributed by atoms with Gasteiger partial charge in [-0.1, -0.05) is 6.07 Å². The fourth-order valence-electron chi connectivity index (χ4n) is 2.53. The van der Waals surface area contributed by atoms with Gasteiger partial charge in [0.2, 0.25) is 5.82 Å². The number of nitrogens with two attached hydrogens (primary N) is 1. The van der Waals surface area contributed by atoms with Crippen molar-refractivity contribution in [2.24, 2.45) is 0 Å². The molecule has 3 aromatic rings. The van der Waals surface area contributed by atoms with Gasteiger partial charge in [-0.05, 0) is 25.5 Å². The molecule has 0 aliphatic carbocycles. The van der Waals surface area contributed by atoms with Crippen LogP contribution in [0.2, 0.25) is 0 Å². The van der Waals surface area contributed by atoms with Crippen LogP contribution in [0.25, 0.3) is 10.2 Å². The molecule has 0 radical (unpaired) electrons. The Morgan fingerprint density at radius 3 is 2.69 bits per heavy atom. The second kappa shape index (κ2) is 6.83. The number of ether oxygens (including phenoxy) is 1. The molecule has 0 atom stereocenters. The zero-order chi connectivity index (χ0) is 19.0. The van der Waals surface area contributed by atoms with Crippen LogP contribution in [0, 0.1) is 25.5 Å². The first-order valence-corrected chi connectivity index (χ1v) is 8.47. The lowest BCUT2D eigenvalue weighted by atomic mass is 10.1. The van der Waals surface area contributed by atoms with Crippen molar-refractivity contribution >= 4 is 33.1 Å². The molecule has 136 valence electrons. The maximum Gasteiger partial charge on any atom is 0.263 e. The van der Waals surface area contributed by atoms with Crippen LogP contribution in [-0.4, -0.2) is 23.2 Å². The van der Waals surface area contributed by atoms with Crippen LogP contribution in [0.3, 0.4) is 0 Å². The Kier molecular flexibility index (Phi) is 4.73. The van der Waals surface area contributed by atoms with Crippen LogP contribution < -0.4 is 15.8 Å². The maximum atomic E-state index is 14.0. The second-order valence-electron chi connectivity index (χ2n) is 5.67. The number of carbonyl (C=O) groups is 1. The summed E-state index contributed by atoms with van der Waals surface area (Å²) in [6.45, 7) is 3.47. The number of carbonyl (C=O) groups excluding carboxylic acids is 1. The highest BCUT2D eigenvalue weighted by Crippen LogP contribution is 2.34. The van der Waals surface area contributed by atoms with E-state index in [1.54, 1.807) is 6.92 Å². The third-order valence-corrected chi connectivity index (χ3v) is 5.22. The number of fused-ring (bicyclic) bond motifs is 1. The first-order chi connectivity index (χ1) is 12.3. The molecule has 0 saturated heterocycles. The lowest BCUT2D eigenvalue weighted by Gasteiger charge is -2.09. The Labute approximate surface area is 152 Å². The van der Waals surface area contributed by atoms with E-state index in [1.165, 1.54) is 19.2 Å². The van der Waals surface area contributed by atoms with Gasteiger partial charge in [-0.25, -0.2) is 4.39 Å². The van der Waals surface area contributed by atoms with Crippen LogP contribution in [0.5, 0.6) is 5.75 Å². The van der Waals surface area contributed by atoms with Crippen molar-refractivity contribution in [3.05, 3.63) is 45.5 Å². The zero-order valence-corrected chi connectivity index (χ0v) is 15.1. The predicted octanol–water partition coefficient (Wildman–Crippen LogP) is 3.11. The molecular weight excluding hydrogens is 362 g/mol. The third-order valence-electron chi connectivity index (χ3n) is 4.13.